The van der Waals surface area contributed by atoms with Gasteiger partial charge >= 0.3 is 0 Å². The lowest BCUT2D eigenvalue weighted by Crippen LogP contribution is -2.14. The van der Waals surface area contributed by atoms with Crippen LogP contribution in [-0.2, 0) is 0 Å². The van der Waals surface area contributed by atoms with E-state index in [1.165, 1.54) is 37.8 Å². The number of anilines is 1. The number of hydrogen-bond donors (Lipinski definition) is 1. The quantitative estimate of drug-likeness (QED) is 0.808. The van der Waals surface area contributed by atoms with Crippen molar-refractivity contribution in [1.29, 1.82) is 0 Å². The average Bonchev–Trinajstić information content (AvgIpc) is 2.90. The Morgan fingerprint density at radius 2 is 1.89 bits per heavy atom. The van der Waals surface area contributed by atoms with Crippen molar-refractivity contribution in [3.05, 3.63) is 24.3 Å². The highest BCUT2D eigenvalue weighted by molar-refractivity contribution is 5.46. The molecule has 0 aromatic heterocycles. The van der Waals surface area contributed by atoms with Crippen molar-refractivity contribution in [2.45, 2.75) is 39.0 Å². The van der Waals surface area contributed by atoms with Gasteiger partial charge in [0.05, 0.1) is 7.11 Å². The second-order valence-corrected chi connectivity index (χ2v) is 5.60. The van der Waals surface area contributed by atoms with Crippen LogP contribution in [-0.4, -0.2) is 13.7 Å². The van der Waals surface area contributed by atoms with E-state index in [-0.39, 0.29) is 0 Å². The number of methoxy groups -OCH3 is 1. The Morgan fingerprint density at radius 1 is 1.22 bits per heavy atom. The van der Waals surface area contributed by atoms with Crippen LogP contribution in [0.3, 0.4) is 0 Å². The SMILES string of the molecule is COc1ccc(NCC(C)CC2CCCC2)cc1. The normalized spacial score (nSPS) is 17.7. The predicted octanol–water partition coefficient (Wildman–Crippen LogP) is 4.32. The van der Waals surface area contributed by atoms with E-state index >= 15 is 0 Å². The number of hydrogen-bond acceptors (Lipinski definition) is 2. The molecule has 0 spiro atoms. The molecule has 1 fully saturated rings. The van der Waals surface area contributed by atoms with Crippen LogP contribution in [0.4, 0.5) is 5.69 Å². The summed E-state index contributed by atoms with van der Waals surface area (Å²) in [6.07, 6.45) is 7.18. The minimum atomic E-state index is 0.759. The molecule has 1 unspecified atom stereocenters. The van der Waals surface area contributed by atoms with Gasteiger partial charge in [-0.15, -0.1) is 0 Å². The predicted molar refractivity (Wildman–Crippen MR) is 77.2 cm³/mol. The molecule has 2 heteroatoms. The second kappa shape index (κ2) is 6.67. The summed E-state index contributed by atoms with van der Waals surface area (Å²) in [4.78, 5) is 0. The molecule has 2 rings (SSSR count). The fraction of sp³-hybridized carbons (Fsp3) is 0.625. The van der Waals surface area contributed by atoms with Gasteiger partial charge < -0.3 is 10.1 Å². The molecule has 100 valence electrons. The molecule has 1 saturated carbocycles. The van der Waals surface area contributed by atoms with E-state index < -0.39 is 0 Å². The van der Waals surface area contributed by atoms with Gasteiger partial charge in [-0.25, -0.2) is 0 Å². The van der Waals surface area contributed by atoms with Crippen LogP contribution in [0.1, 0.15) is 39.0 Å². The Balaban J connectivity index is 1.72. The third kappa shape index (κ3) is 3.94. The van der Waals surface area contributed by atoms with Crippen molar-refractivity contribution in [3.63, 3.8) is 0 Å². The third-order valence-corrected chi connectivity index (χ3v) is 3.96. The average molecular weight is 247 g/mol. The van der Waals surface area contributed by atoms with Gasteiger partial charge in [-0.05, 0) is 42.5 Å². The zero-order chi connectivity index (χ0) is 12.8. The first-order valence-corrected chi connectivity index (χ1v) is 7.16. The smallest absolute Gasteiger partial charge is 0.119 e. The highest BCUT2D eigenvalue weighted by atomic mass is 16.5. The van der Waals surface area contributed by atoms with Crippen molar-refractivity contribution < 1.29 is 4.74 Å². The van der Waals surface area contributed by atoms with Gasteiger partial charge in [0.15, 0.2) is 0 Å². The zero-order valence-corrected chi connectivity index (χ0v) is 11.6. The van der Waals surface area contributed by atoms with E-state index in [2.05, 4.69) is 24.4 Å². The second-order valence-electron chi connectivity index (χ2n) is 5.60. The van der Waals surface area contributed by atoms with Crippen LogP contribution in [0, 0.1) is 11.8 Å². The Bertz CT molecular complexity index is 341. The number of benzene rings is 1. The monoisotopic (exact) mass is 247 g/mol. The van der Waals surface area contributed by atoms with E-state index in [9.17, 15) is 0 Å². The highest BCUT2D eigenvalue weighted by Crippen LogP contribution is 2.30. The lowest BCUT2D eigenvalue weighted by molar-refractivity contribution is 0.409. The largest absolute Gasteiger partial charge is 0.497 e. The summed E-state index contributed by atoms with van der Waals surface area (Å²) in [5.74, 6) is 2.66. The molecule has 0 saturated heterocycles. The molecule has 0 heterocycles. The first kappa shape index (κ1) is 13.3. The lowest BCUT2D eigenvalue weighted by Gasteiger charge is -2.17. The highest BCUT2D eigenvalue weighted by Gasteiger charge is 2.17. The van der Waals surface area contributed by atoms with Gasteiger partial charge in [0.25, 0.3) is 0 Å². The number of rotatable bonds is 6. The molecular formula is C16H25NO. The van der Waals surface area contributed by atoms with Crippen molar-refractivity contribution in [2.75, 3.05) is 19.0 Å². The molecule has 0 aliphatic heterocycles. The molecule has 0 radical (unpaired) electrons. The molecule has 1 N–H and O–H groups in total. The standard InChI is InChI=1S/C16H25NO/c1-13(11-14-5-3-4-6-14)12-17-15-7-9-16(18-2)10-8-15/h7-10,13-14,17H,3-6,11-12H2,1-2H3. The van der Waals surface area contributed by atoms with Gasteiger partial charge in [-0.2, -0.15) is 0 Å². The number of nitrogens with one attached hydrogen (secondary N) is 1. The van der Waals surface area contributed by atoms with E-state index in [0.717, 1.165) is 24.1 Å². The summed E-state index contributed by atoms with van der Waals surface area (Å²) in [5.41, 5.74) is 1.19. The molecule has 1 atom stereocenters. The Morgan fingerprint density at radius 3 is 2.50 bits per heavy atom. The van der Waals surface area contributed by atoms with E-state index in [0.29, 0.717) is 0 Å². The maximum atomic E-state index is 5.16. The molecule has 0 amide bonds. The summed E-state index contributed by atoms with van der Waals surface area (Å²) in [5, 5.41) is 3.51. The summed E-state index contributed by atoms with van der Waals surface area (Å²) in [6.45, 7) is 3.43. The Hall–Kier alpha value is -1.18. The molecule has 1 aliphatic carbocycles. The molecule has 18 heavy (non-hydrogen) atoms. The van der Waals surface area contributed by atoms with E-state index in [1.807, 2.05) is 12.1 Å². The van der Waals surface area contributed by atoms with Crippen molar-refractivity contribution >= 4 is 5.69 Å². The van der Waals surface area contributed by atoms with Crippen LogP contribution in [0.15, 0.2) is 24.3 Å². The van der Waals surface area contributed by atoms with Gasteiger partial charge in [0, 0.05) is 12.2 Å². The Kier molecular flexibility index (Phi) is 4.91. The maximum absolute atomic E-state index is 5.16. The molecular weight excluding hydrogens is 222 g/mol. The van der Waals surface area contributed by atoms with E-state index in [1.54, 1.807) is 7.11 Å². The van der Waals surface area contributed by atoms with Crippen LogP contribution in [0.25, 0.3) is 0 Å². The minimum absolute atomic E-state index is 0.759. The van der Waals surface area contributed by atoms with Crippen LogP contribution >= 0.6 is 0 Å². The van der Waals surface area contributed by atoms with Gasteiger partial charge in [-0.3, -0.25) is 0 Å². The van der Waals surface area contributed by atoms with E-state index in [4.69, 9.17) is 4.74 Å². The van der Waals surface area contributed by atoms with Gasteiger partial charge in [0.1, 0.15) is 5.75 Å². The van der Waals surface area contributed by atoms with Crippen LogP contribution in [0.5, 0.6) is 5.75 Å². The molecule has 1 aromatic rings. The zero-order valence-electron chi connectivity index (χ0n) is 11.6. The Labute approximate surface area is 111 Å². The van der Waals surface area contributed by atoms with Crippen molar-refractivity contribution in [2.24, 2.45) is 11.8 Å². The summed E-state index contributed by atoms with van der Waals surface area (Å²) < 4.78 is 5.16. The van der Waals surface area contributed by atoms with Crippen LogP contribution < -0.4 is 10.1 Å². The minimum Gasteiger partial charge on any atom is -0.497 e. The summed E-state index contributed by atoms with van der Waals surface area (Å²) >= 11 is 0. The van der Waals surface area contributed by atoms with Crippen molar-refractivity contribution in [3.8, 4) is 5.75 Å². The molecule has 2 nitrogen and oxygen atoms in total. The van der Waals surface area contributed by atoms with Gasteiger partial charge in [0.2, 0.25) is 0 Å². The molecule has 1 aliphatic rings. The topological polar surface area (TPSA) is 21.3 Å². The van der Waals surface area contributed by atoms with Gasteiger partial charge in [-0.1, -0.05) is 32.6 Å². The van der Waals surface area contributed by atoms with Crippen molar-refractivity contribution in [1.82, 2.24) is 0 Å². The third-order valence-electron chi connectivity index (χ3n) is 3.96. The first-order valence-electron chi connectivity index (χ1n) is 7.16. The lowest BCUT2D eigenvalue weighted by atomic mass is 9.94. The summed E-state index contributed by atoms with van der Waals surface area (Å²) in [7, 11) is 1.70. The number of ether oxygens (including phenoxy) is 1. The summed E-state index contributed by atoms with van der Waals surface area (Å²) in [6, 6.07) is 8.18. The fourth-order valence-corrected chi connectivity index (χ4v) is 2.90. The maximum Gasteiger partial charge on any atom is 0.119 e. The fourth-order valence-electron chi connectivity index (χ4n) is 2.90. The van der Waals surface area contributed by atoms with Crippen LogP contribution in [0.2, 0.25) is 0 Å². The molecule has 1 aromatic carbocycles. The first-order chi connectivity index (χ1) is 8.78. The molecule has 0 bridgehead atoms.